The molecule has 1 saturated heterocycles. The van der Waals surface area contributed by atoms with Crippen molar-refractivity contribution in [2.24, 2.45) is 0 Å². The molecule has 1 atom stereocenters. The number of nitrogens with zero attached hydrogens (tertiary/aromatic N) is 1. The molecule has 1 heterocycles. The van der Waals surface area contributed by atoms with Crippen LogP contribution in [-0.4, -0.2) is 48.6 Å². The predicted molar refractivity (Wildman–Crippen MR) is 102 cm³/mol. The average Bonchev–Trinajstić information content (AvgIpc) is 3.13. The van der Waals surface area contributed by atoms with Gasteiger partial charge >= 0.3 is 12.0 Å². The second-order valence-corrected chi connectivity index (χ2v) is 6.16. The van der Waals surface area contributed by atoms with E-state index in [1.807, 2.05) is 42.5 Å². The van der Waals surface area contributed by atoms with Gasteiger partial charge in [0.15, 0.2) is 12.7 Å². The molecular weight excluding hydrogens is 362 g/mol. The Labute approximate surface area is 162 Å². The minimum absolute atomic E-state index is 0.263. The molecule has 2 N–H and O–H groups in total. The van der Waals surface area contributed by atoms with E-state index < -0.39 is 24.0 Å². The van der Waals surface area contributed by atoms with Crippen molar-refractivity contribution in [3.63, 3.8) is 0 Å². The minimum Gasteiger partial charge on any atom is -0.482 e. The molecule has 0 spiro atoms. The van der Waals surface area contributed by atoms with Gasteiger partial charge in [0.2, 0.25) is 0 Å². The third kappa shape index (κ3) is 5.00. The van der Waals surface area contributed by atoms with Crippen molar-refractivity contribution in [1.82, 2.24) is 10.2 Å². The topological polar surface area (TPSA) is 97.0 Å². The zero-order chi connectivity index (χ0) is 19.9. The first-order valence-corrected chi connectivity index (χ1v) is 8.86. The van der Waals surface area contributed by atoms with Crippen LogP contribution in [0, 0.1) is 0 Å². The lowest BCUT2D eigenvalue weighted by molar-refractivity contribution is -0.159. The van der Waals surface area contributed by atoms with Crippen LogP contribution in [0.2, 0.25) is 0 Å². The molecule has 0 radical (unpaired) electrons. The predicted octanol–water partition coefficient (Wildman–Crippen LogP) is 2.29. The normalized spacial score (nSPS) is 14.2. The highest BCUT2D eigenvalue weighted by Crippen LogP contribution is 2.19. The number of para-hydroxylation sites is 1. The molecule has 8 heteroatoms. The SMILES string of the molecule is C[C@H](OC(=O)COc1ccc(Nc2ccccc2)cc1)C(=O)N1CCNC1=O. The van der Waals surface area contributed by atoms with Crippen molar-refractivity contribution < 1.29 is 23.9 Å². The number of carbonyl (C=O) groups is 3. The van der Waals surface area contributed by atoms with Crippen LogP contribution in [0.3, 0.4) is 0 Å². The lowest BCUT2D eigenvalue weighted by Gasteiger charge is -2.18. The van der Waals surface area contributed by atoms with Gasteiger partial charge in [-0.25, -0.2) is 9.59 Å². The largest absolute Gasteiger partial charge is 0.482 e. The molecule has 8 nitrogen and oxygen atoms in total. The Morgan fingerprint density at radius 1 is 1.11 bits per heavy atom. The van der Waals surface area contributed by atoms with Gasteiger partial charge in [0.25, 0.3) is 5.91 Å². The summed E-state index contributed by atoms with van der Waals surface area (Å²) in [6.07, 6.45) is -1.06. The highest BCUT2D eigenvalue weighted by molar-refractivity contribution is 5.98. The van der Waals surface area contributed by atoms with E-state index in [1.54, 1.807) is 12.1 Å². The summed E-state index contributed by atoms with van der Waals surface area (Å²) in [5.74, 6) is -0.750. The fourth-order valence-corrected chi connectivity index (χ4v) is 2.65. The number of ether oxygens (including phenoxy) is 2. The average molecular weight is 383 g/mol. The van der Waals surface area contributed by atoms with Crippen LogP contribution in [0.25, 0.3) is 0 Å². The van der Waals surface area contributed by atoms with Crippen molar-refractivity contribution in [2.75, 3.05) is 25.0 Å². The fourth-order valence-electron chi connectivity index (χ4n) is 2.65. The Bertz CT molecular complexity index is 839. The van der Waals surface area contributed by atoms with Crippen LogP contribution in [0.15, 0.2) is 54.6 Å². The maximum absolute atomic E-state index is 12.1. The van der Waals surface area contributed by atoms with Gasteiger partial charge in [-0.15, -0.1) is 0 Å². The van der Waals surface area contributed by atoms with Gasteiger partial charge in [0, 0.05) is 24.5 Å². The molecule has 1 aliphatic heterocycles. The van der Waals surface area contributed by atoms with Crippen LogP contribution in [-0.2, 0) is 14.3 Å². The first-order chi connectivity index (χ1) is 13.5. The van der Waals surface area contributed by atoms with Gasteiger partial charge in [-0.05, 0) is 43.3 Å². The smallest absolute Gasteiger partial charge is 0.344 e. The van der Waals surface area contributed by atoms with Crippen LogP contribution >= 0.6 is 0 Å². The number of nitrogens with one attached hydrogen (secondary N) is 2. The van der Waals surface area contributed by atoms with E-state index in [0.717, 1.165) is 16.3 Å². The second-order valence-electron chi connectivity index (χ2n) is 6.16. The summed E-state index contributed by atoms with van der Waals surface area (Å²) in [6.45, 7) is 1.74. The number of amides is 3. The van der Waals surface area contributed by atoms with Gasteiger partial charge in [-0.3, -0.25) is 9.69 Å². The summed E-state index contributed by atoms with van der Waals surface area (Å²) in [6, 6.07) is 16.3. The van der Waals surface area contributed by atoms with E-state index in [0.29, 0.717) is 12.3 Å². The molecule has 1 fully saturated rings. The summed E-state index contributed by atoms with van der Waals surface area (Å²) in [5.41, 5.74) is 1.84. The first kappa shape index (κ1) is 19.2. The Hall–Kier alpha value is -3.55. The molecule has 3 rings (SSSR count). The number of hydrogen-bond acceptors (Lipinski definition) is 6. The summed E-state index contributed by atoms with van der Waals surface area (Å²) in [7, 11) is 0. The number of carbonyl (C=O) groups excluding carboxylic acids is 3. The van der Waals surface area contributed by atoms with E-state index in [9.17, 15) is 14.4 Å². The van der Waals surface area contributed by atoms with E-state index in [1.165, 1.54) is 6.92 Å². The lowest BCUT2D eigenvalue weighted by Crippen LogP contribution is -2.42. The van der Waals surface area contributed by atoms with E-state index in [-0.39, 0.29) is 13.2 Å². The van der Waals surface area contributed by atoms with Gasteiger partial charge in [0.05, 0.1) is 0 Å². The number of hydrogen-bond donors (Lipinski definition) is 2. The Morgan fingerprint density at radius 2 is 1.79 bits per heavy atom. The Balaban J connectivity index is 1.45. The summed E-state index contributed by atoms with van der Waals surface area (Å²) < 4.78 is 10.4. The summed E-state index contributed by atoms with van der Waals surface area (Å²) >= 11 is 0. The minimum atomic E-state index is -1.06. The second kappa shape index (κ2) is 8.90. The Morgan fingerprint density at radius 3 is 2.43 bits per heavy atom. The standard InChI is InChI=1S/C20H21N3O5/c1-14(19(25)23-12-11-21-20(23)26)28-18(24)13-27-17-9-7-16(8-10-17)22-15-5-3-2-4-6-15/h2-10,14,22H,11-13H2,1H3,(H,21,26)/t14-/m0/s1. The summed E-state index contributed by atoms with van der Waals surface area (Å²) in [4.78, 5) is 36.5. The van der Waals surface area contributed by atoms with Crippen LogP contribution in [0.4, 0.5) is 16.2 Å². The van der Waals surface area contributed by atoms with Crippen molar-refractivity contribution in [1.29, 1.82) is 0 Å². The number of rotatable bonds is 7. The van der Waals surface area contributed by atoms with Crippen molar-refractivity contribution >= 4 is 29.3 Å². The highest BCUT2D eigenvalue weighted by atomic mass is 16.6. The van der Waals surface area contributed by atoms with E-state index >= 15 is 0 Å². The molecule has 1 aliphatic rings. The maximum Gasteiger partial charge on any atom is 0.344 e. The first-order valence-electron chi connectivity index (χ1n) is 8.86. The van der Waals surface area contributed by atoms with Gasteiger partial charge < -0.3 is 20.1 Å². The third-order valence-corrected chi connectivity index (χ3v) is 4.05. The Kier molecular flexibility index (Phi) is 6.11. The maximum atomic E-state index is 12.1. The van der Waals surface area contributed by atoms with Crippen molar-refractivity contribution in [3.8, 4) is 5.75 Å². The molecular formula is C20H21N3O5. The number of anilines is 2. The molecule has 0 unspecified atom stereocenters. The van der Waals surface area contributed by atoms with Crippen molar-refractivity contribution in [3.05, 3.63) is 54.6 Å². The molecule has 2 aromatic rings. The van der Waals surface area contributed by atoms with Crippen LogP contribution in [0.1, 0.15) is 6.92 Å². The summed E-state index contributed by atoms with van der Waals surface area (Å²) in [5, 5.41) is 5.76. The molecule has 3 amide bonds. The van der Waals surface area contributed by atoms with E-state index in [4.69, 9.17) is 9.47 Å². The molecule has 28 heavy (non-hydrogen) atoms. The lowest BCUT2D eigenvalue weighted by atomic mass is 10.2. The molecule has 2 aromatic carbocycles. The molecule has 0 aromatic heterocycles. The molecule has 146 valence electrons. The molecule has 0 aliphatic carbocycles. The van der Waals surface area contributed by atoms with Crippen LogP contribution < -0.4 is 15.4 Å². The number of urea groups is 1. The quantitative estimate of drug-likeness (QED) is 0.712. The zero-order valence-corrected chi connectivity index (χ0v) is 15.4. The number of imide groups is 1. The third-order valence-electron chi connectivity index (χ3n) is 4.05. The van der Waals surface area contributed by atoms with Gasteiger partial charge in [0.1, 0.15) is 5.75 Å². The van der Waals surface area contributed by atoms with Gasteiger partial charge in [-0.2, -0.15) is 0 Å². The van der Waals surface area contributed by atoms with Crippen molar-refractivity contribution in [2.45, 2.75) is 13.0 Å². The van der Waals surface area contributed by atoms with Gasteiger partial charge in [-0.1, -0.05) is 18.2 Å². The molecule has 0 saturated carbocycles. The van der Waals surface area contributed by atoms with Crippen LogP contribution in [0.5, 0.6) is 5.75 Å². The zero-order valence-electron chi connectivity index (χ0n) is 15.4. The molecule has 0 bridgehead atoms. The monoisotopic (exact) mass is 383 g/mol. The fraction of sp³-hybridized carbons (Fsp3) is 0.250. The number of benzene rings is 2. The number of esters is 1. The highest BCUT2D eigenvalue weighted by Gasteiger charge is 2.31. The van der Waals surface area contributed by atoms with E-state index in [2.05, 4.69) is 10.6 Å².